The zero-order valence-corrected chi connectivity index (χ0v) is 28.3. The first kappa shape index (κ1) is 29.9. The summed E-state index contributed by atoms with van der Waals surface area (Å²) in [6.45, 7) is 0. The van der Waals surface area contributed by atoms with Gasteiger partial charge in [-0.15, -0.1) is 0 Å². The maximum absolute atomic E-state index is 7.02. The molecule has 0 fully saturated rings. The SMILES string of the molecule is c1ccc(-c2cc(-c3ccccc3)c3oc4c(-c5ccc(-c6nc7ccccc7n6-c6ccccc6)cc5)cc(-c5ccccc5)cc4c3c2)cc1. The molecule has 3 heteroatoms. The van der Waals surface area contributed by atoms with Crippen molar-refractivity contribution in [3.8, 4) is 61.6 Å². The topological polar surface area (TPSA) is 31.0 Å². The highest BCUT2D eigenvalue weighted by Crippen LogP contribution is 2.44. The van der Waals surface area contributed by atoms with E-state index in [0.29, 0.717) is 0 Å². The van der Waals surface area contributed by atoms with Crippen molar-refractivity contribution < 1.29 is 4.42 Å². The summed E-state index contributed by atoms with van der Waals surface area (Å²) < 4.78 is 9.26. The van der Waals surface area contributed by atoms with Gasteiger partial charge in [0.25, 0.3) is 0 Å². The van der Waals surface area contributed by atoms with Gasteiger partial charge in [0.15, 0.2) is 0 Å². The summed E-state index contributed by atoms with van der Waals surface area (Å²) in [5.41, 5.74) is 14.9. The number of hydrogen-bond donors (Lipinski definition) is 0. The fourth-order valence-corrected chi connectivity index (χ4v) is 7.48. The van der Waals surface area contributed by atoms with Gasteiger partial charge < -0.3 is 4.42 Å². The summed E-state index contributed by atoms with van der Waals surface area (Å²) in [6.07, 6.45) is 0. The van der Waals surface area contributed by atoms with Gasteiger partial charge in [0.05, 0.1) is 11.0 Å². The van der Waals surface area contributed by atoms with E-state index < -0.39 is 0 Å². The van der Waals surface area contributed by atoms with Crippen LogP contribution < -0.4 is 0 Å². The van der Waals surface area contributed by atoms with Gasteiger partial charge in [-0.05, 0) is 81.9 Å². The molecular weight excluding hydrogens is 633 g/mol. The van der Waals surface area contributed by atoms with Gasteiger partial charge in [-0.1, -0.05) is 146 Å². The molecule has 0 N–H and O–H groups in total. The fourth-order valence-electron chi connectivity index (χ4n) is 7.48. The first-order valence-electron chi connectivity index (χ1n) is 17.6. The number of para-hydroxylation sites is 3. The Balaban J connectivity index is 1.20. The Hall–Kier alpha value is -6.97. The lowest BCUT2D eigenvalue weighted by Crippen LogP contribution is -1.97. The highest BCUT2D eigenvalue weighted by atomic mass is 16.3. The Morgan fingerprint density at radius 1 is 0.365 bits per heavy atom. The van der Waals surface area contributed by atoms with Crippen molar-refractivity contribution in [1.82, 2.24) is 9.55 Å². The number of aromatic nitrogens is 2. The molecule has 0 amide bonds. The summed E-state index contributed by atoms with van der Waals surface area (Å²) in [6, 6.07) is 68.4. The van der Waals surface area contributed by atoms with E-state index in [2.05, 4.69) is 187 Å². The van der Waals surface area contributed by atoms with E-state index in [-0.39, 0.29) is 0 Å². The third kappa shape index (κ3) is 5.10. The Bertz CT molecular complexity index is 2850. The minimum atomic E-state index is 0.876. The van der Waals surface area contributed by atoms with Crippen LogP contribution in [0.4, 0.5) is 0 Å². The minimum absolute atomic E-state index is 0.876. The van der Waals surface area contributed by atoms with E-state index in [4.69, 9.17) is 9.40 Å². The summed E-state index contributed by atoms with van der Waals surface area (Å²) in [5.74, 6) is 0.909. The average molecular weight is 665 g/mol. The lowest BCUT2D eigenvalue weighted by molar-refractivity contribution is 0.671. The Labute approximate surface area is 301 Å². The molecule has 0 spiro atoms. The number of hydrogen-bond acceptors (Lipinski definition) is 2. The van der Waals surface area contributed by atoms with Crippen molar-refractivity contribution in [2.45, 2.75) is 0 Å². The molecule has 10 aromatic rings. The van der Waals surface area contributed by atoms with Crippen LogP contribution in [0, 0.1) is 0 Å². The molecule has 0 bridgehead atoms. The molecule has 0 aliphatic heterocycles. The standard InChI is InChI=1S/C49H32N2O/c1-5-15-33(16-6-1)38-29-41(35-19-9-3-10-20-35)47-43(31-38)44-32-39(34-17-7-2-8-18-34)30-42(48(44)52-47)36-25-27-37(28-26-36)49-50-45-23-13-14-24-46(45)51(49)40-21-11-4-12-22-40/h1-32H. The lowest BCUT2D eigenvalue weighted by Gasteiger charge is -2.11. The number of benzene rings is 8. The van der Waals surface area contributed by atoms with Crippen molar-refractivity contribution in [2.24, 2.45) is 0 Å². The number of fused-ring (bicyclic) bond motifs is 4. The Morgan fingerprint density at radius 2 is 0.808 bits per heavy atom. The number of imidazole rings is 1. The lowest BCUT2D eigenvalue weighted by atomic mass is 9.93. The Morgan fingerprint density at radius 3 is 1.37 bits per heavy atom. The summed E-state index contributed by atoms with van der Waals surface area (Å²) in [4.78, 5) is 5.11. The van der Waals surface area contributed by atoms with Gasteiger partial charge in [-0.25, -0.2) is 4.98 Å². The van der Waals surface area contributed by atoms with E-state index in [1.807, 2.05) is 12.1 Å². The number of rotatable bonds is 6. The average Bonchev–Trinajstić information content (AvgIpc) is 3.81. The second kappa shape index (κ2) is 12.4. The summed E-state index contributed by atoms with van der Waals surface area (Å²) in [7, 11) is 0. The predicted molar refractivity (Wildman–Crippen MR) is 216 cm³/mol. The third-order valence-corrected chi connectivity index (χ3v) is 10.0. The van der Waals surface area contributed by atoms with Crippen LogP contribution in [0.15, 0.2) is 199 Å². The van der Waals surface area contributed by atoms with Crippen LogP contribution in [0.5, 0.6) is 0 Å². The molecule has 0 atom stereocenters. The van der Waals surface area contributed by atoms with E-state index in [0.717, 1.165) is 89.0 Å². The number of furan rings is 1. The highest BCUT2D eigenvalue weighted by Gasteiger charge is 2.20. The maximum atomic E-state index is 7.02. The molecule has 0 unspecified atom stereocenters. The molecule has 0 aliphatic carbocycles. The van der Waals surface area contributed by atoms with Crippen LogP contribution in [-0.2, 0) is 0 Å². The molecule has 52 heavy (non-hydrogen) atoms. The van der Waals surface area contributed by atoms with Gasteiger partial charge >= 0.3 is 0 Å². The molecular formula is C49H32N2O. The summed E-state index contributed by atoms with van der Waals surface area (Å²) in [5, 5.41) is 2.19. The molecule has 8 aromatic carbocycles. The molecule has 3 nitrogen and oxygen atoms in total. The normalized spacial score (nSPS) is 11.5. The monoisotopic (exact) mass is 664 g/mol. The van der Waals surface area contributed by atoms with Gasteiger partial charge in [0.1, 0.15) is 17.0 Å². The molecule has 2 aromatic heterocycles. The van der Waals surface area contributed by atoms with E-state index in [1.165, 1.54) is 5.56 Å². The zero-order valence-electron chi connectivity index (χ0n) is 28.3. The van der Waals surface area contributed by atoms with E-state index in [1.54, 1.807) is 0 Å². The van der Waals surface area contributed by atoms with Crippen LogP contribution in [0.1, 0.15) is 0 Å². The molecule has 10 rings (SSSR count). The molecule has 0 saturated heterocycles. The van der Waals surface area contributed by atoms with Crippen molar-refractivity contribution in [3.05, 3.63) is 194 Å². The second-order valence-corrected chi connectivity index (χ2v) is 13.2. The second-order valence-electron chi connectivity index (χ2n) is 13.2. The van der Waals surface area contributed by atoms with Crippen LogP contribution in [-0.4, -0.2) is 9.55 Å². The quantitative estimate of drug-likeness (QED) is 0.177. The molecule has 0 saturated carbocycles. The molecule has 244 valence electrons. The Kier molecular flexibility index (Phi) is 7.14. The number of nitrogens with zero attached hydrogens (tertiary/aromatic N) is 2. The van der Waals surface area contributed by atoms with Crippen molar-refractivity contribution in [2.75, 3.05) is 0 Å². The van der Waals surface area contributed by atoms with Crippen LogP contribution in [0.3, 0.4) is 0 Å². The first-order valence-corrected chi connectivity index (χ1v) is 17.6. The largest absolute Gasteiger partial charge is 0.455 e. The first-order chi connectivity index (χ1) is 25.8. The molecule has 0 aliphatic rings. The van der Waals surface area contributed by atoms with E-state index in [9.17, 15) is 0 Å². The van der Waals surface area contributed by atoms with Crippen LogP contribution in [0.25, 0.3) is 94.6 Å². The van der Waals surface area contributed by atoms with Crippen molar-refractivity contribution >= 4 is 33.0 Å². The fraction of sp³-hybridized carbons (Fsp3) is 0. The van der Waals surface area contributed by atoms with Crippen molar-refractivity contribution in [1.29, 1.82) is 0 Å². The smallest absolute Gasteiger partial charge is 0.145 e. The summed E-state index contributed by atoms with van der Waals surface area (Å²) >= 11 is 0. The van der Waals surface area contributed by atoms with Gasteiger partial charge in [0.2, 0.25) is 0 Å². The highest BCUT2D eigenvalue weighted by molar-refractivity contribution is 6.15. The minimum Gasteiger partial charge on any atom is -0.455 e. The van der Waals surface area contributed by atoms with Crippen molar-refractivity contribution in [3.63, 3.8) is 0 Å². The maximum Gasteiger partial charge on any atom is 0.145 e. The zero-order chi connectivity index (χ0) is 34.4. The van der Waals surface area contributed by atoms with Gasteiger partial charge in [-0.2, -0.15) is 0 Å². The van der Waals surface area contributed by atoms with E-state index >= 15 is 0 Å². The molecule has 0 radical (unpaired) electrons. The molecule has 2 heterocycles. The van der Waals surface area contributed by atoms with Crippen LogP contribution in [0.2, 0.25) is 0 Å². The van der Waals surface area contributed by atoms with Gasteiger partial charge in [-0.3, -0.25) is 4.57 Å². The van der Waals surface area contributed by atoms with Crippen LogP contribution >= 0.6 is 0 Å². The predicted octanol–water partition coefficient (Wildman–Crippen LogP) is 13.3. The third-order valence-electron chi connectivity index (χ3n) is 10.0. The van der Waals surface area contributed by atoms with Gasteiger partial charge in [0, 0.05) is 33.2 Å².